The molecule has 0 spiro atoms. The number of amides is 1. The van der Waals surface area contributed by atoms with Crippen LogP contribution in [0.4, 0.5) is 13.2 Å². The summed E-state index contributed by atoms with van der Waals surface area (Å²) in [5.74, 6) is -0.657. The Morgan fingerprint density at radius 2 is 2.00 bits per heavy atom. The molecule has 14 heteroatoms. The molecule has 2 heterocycles. The normalized spacial score (nSPS) is 19.4. The van der Waals surface area contributed by atoms with E-state index in [4.69, 9.17) is 0 Å². The fourth-order valence-electron chi connectivity index (χ4n) is 2.96. The third-order valence-corrected chi connectivity index (χ3v) is 7.26. The van der Waals surface area contributed by atoms with Crippen molar-refractivity contribution in [3.05, 3.63) is 24.3 Å². The summed E-state index contributed by atoms with van der Waals surface area (Å²) in [4.78, 5) is 14.1. The fraction of sp³-hybridized carbons (Fsp3) is 0.500. The Morgan fingerprint density at radius 1 is 1.33 bits per heavy atom. The minimum atomic E-state index is -4.79. The molecule has 1 aromatic carbocycles. The first-order valence-corrected chi connectivity index (χ1v) is 11.4. The zero-order chi connectivity index (χ0) is 22.1. The van der Waals surface area contributed by atoms with E-state index in [1.54, 1.807) is 14.0 Å². The highest BCUT2D eigenvalue weighted by atomic mass is 32.2. The van der Waals surface area contributed by atoms with Gasteiger partial charge in [-0.05, 0) is 48.0 Å². The number of alkyl halides is 3. The van der Waals surface area contributed by atoms with Crippen molar-refractivity contribution >= 4 is 27.5 Å². The topological polar surface area (TPSA) is 107 Å². The van der Waals surface area contributed by atoms with Gasteiger partial charge in [-0.15, -0.1) is 18.3 Å². The van der Waals surface area contributed by atoms with Crippen LogP contribution in [-0.4, -0.2) is 75.6 Å². The van der Waals surface area contributed by atoms with Crippen LogP contribution in [0.15, 0.2) is 29.4 Å². The summed E-state index contributed by atoms with van der Waals surface area (Å²) >= 11 is 1.06. The summed E-state index contributed by atoms with van der Waals surface area (Å²) in [6, 6.07) is 4.58. The number of benzene rings is 1. The molecule has 2 atom stereocenters. The molecule has 0 saturated carbocycles. The molecule has 1 aromatic heterocycles. The first-order chi connectivity index (χ1) is 14.0. The molecule has 2 unspecified atom stereocenters. The molecule has 3 rings (SSSR count). The number of carbonyl (C=O) groups is 1. The Morgan fingerprint density at radius 3 is 2.57 bits per heavy atom. The number of hydrogen-bond donors (Lipinski definition) is 0. The molecule has 164 valence electrons. The number of thioether (sulfide) groups is 1. The molecule has 1 saturated heterocycles. The van der Waals surface area contributed by atoms with Crippen LogP contribution in [0, 0.1) is 0 Å². The zero-order valence-electron chi connectivity index (χ0n) is 15.9. The Bertz CT molecular complexity index is 1010. The van der Waals surface area contributed by atoms with Crippen molar-refractivity contribution in [3.63, 3.8) is 0 Å². The average molecular weight is 465 g/mol. The lowest BCUT2D eigenvalue weighted by Gasteiger charge is -2.26. The van der Waals surface area contributed by atoms with E-state index in [0.717, 1.165) is 23.9 Å². The van der Waals surface area contributed by atoms with E-state index in [9.17, 15) is 26.4 Å². The van der Waals surface area contributed by atoms with E-state index in [1.807, 2.05) is 0 Å². The molecule has 30 heavy (non-hydrogen) atoms. The average Bonchev–Trinajstić information content (AvgIpc) is 3.25. The van der Waals surface area contributed by atoms with Gasteiger partial charge in [0.15, 0.2) is 9.84 Å². The second-order valence-corrected chi connectivity index (χ2v) is 10.2. The standard InChI is InChI=1S/C16H18F3N5O4S2/c1-10(14(25)23(2)12-7-8-30(26,27)9-12)29-15-20-21-22-24(15)11-3-5-13(6-4-11)28-16(17,18)19/h3-6,10,12H,7-9H2,1-2H3. The van der Waals surface area contributed by atoms with Crippen LogP contribution in [-0.2, 0) is 14.6 Å². The van der Waals surface area contributed by atoms with Crippen LogP contribution >= 0.6 is 11.8 Å². The number of carbonyl (C=O) groups excluding carboxylic acids is 1. The van der Waals surface area contributed by atoms with Crippen molar-refractivity contribution in [3.8, 4) is 11.4 Å². The van der Waals surface area contributed by atoms with Gasteiger partial charge in [-0.2, -0.15) is 4.68 Å². The molecular weight excluding hydrogens is 447 g/mol. The van der Waals surface area contributed by atoms with Gasteiger partial charge in [-0.1, -0.05) is 11.8 Å². The molecule has 9 nitrogen and oxygen atoms in total. The Hall–Kier alpha value is -2.35. The van der Waals surface area contributed by atoms with Crippen molar-refractivity contribution < 1.29 is 31.1 Å². The van der Waals surface area contributed by atoms with Gasteiger partial charge in [0.1, 0.15) is 5.75 Å². The molecule has 2 aromatic rings. The van der Waals surface area contributed by atoms with Crippen LogP contribution in [0.5, 0.6) is 5.75 Å². The van der Waals surface area contributed by atoms with Gasteiger partial charge < -0.3 is 9.64 Å². The van der Waals surface area contributed by atoms with E-state index < -0.39 is 21.4 Å². The van der Waals surface area contributed by atoms with Crippen LogP contribution in [0.1, 0.15) is 13.3 Å². The van der Waals surface area contributed by atoms with Gasteiger partial charge in [-0.3, -0.25) is 4.79 Å². The monoisotopic (exact) mass is 465 g/mol. The second-order valence-electron chi connectivity index (χ2n) is 6.68. The third-order valence-electron chi connectivity index (χ3n) is 4.49. The summed E-state index contributed by atoms with van der Waals surface area (Å²) in [6.45, 7) is 1.65. The van der Waals surface area contributed by atoms with Gasteiger partial charge in [-0.25, -0.2) is 8.42 Å². The van der Waals surface area contributed by atoms with Crippen molar-refractivity contribution in [2.24, 2.45) is 0 Å². The highest BCUT2D eigenvalue weighted by molar-refractivity contribution is 8.00. The number of rotatable bonds is 6. The fourth-order valence-corrected chi connectivity index (χ4v) is 5.64. The van der Waals surface area contributed by atoms with E-state index in [1.165, 1.54) is 21.7 Å². The maximum Gasteiger partial charge on any atom is 0.573 e. The molecule has 1 aliphatic heterocycles. The van der Waals surface area contributed by atoms with Crippen molar-refractivity contribution in [1.82, 2.24) is 25.1 Å². The number of hydrogen-bond acceptors (Lipinski definition) is 8. The largest absolute Gasteiger partial charge is 0.573 e. The third kappa shape index (κ3) is 5.41. The Labute approximate surface area is 174 Å². The van der Waals surface area contributed by atoms with Crippen LogP contribution in [0.3, 0.4) is 0 Å². The first kappa shape index (κ1) is 22.3. The lowest BCUT2D eigenvalue weighted by atomic mass is 10.2. The maximum absolute atomic E-state index is 12.7. The molecule has 1 fully saturated rings. The molecule has 0 radical (unpaired) electrons. The molecule has 0 N–H and O–H groups in total. The summed E-state index contributed by atoms with van der Waals surface area (Å²) in [6.07, 6.45) is -4.40. The molecule has 0 bridgehead atoms. The van der Waals surface area contributed by atoms with E-state index in [0.29, 0.717) is 12.1 Å². The second kappa shape index (κ2) is 8.41. The Balaban J connectivity index is 1.68. The molecule has 1 aliphatic rings. The SMILES string of the molecule is CC(Sc1nnnn1-c1ccc(OC(F)(F)F)cc1)C(=O)N(C)C1CCS(=O)(=O)C1. The van der Waals surface area contributed by atoms with Gasteiger partial charge >= 0.3 is 6.36 Å². The number of ether oxygens (including phenoxy) is 1. The van der Waals surface area contributed by atoms with Crippen molar-refractivity contribution in [2.75, 3.05) is 18.6 Å². The minimum absolute atomic E-state index is 0.0586. The summed E-state index contributed by atoms with van der Waals surface area (Å²) in [7, 11) is -1.56. The zero-order valence-corrected chi connectivity index (χ0v) is 17.5. The predicted octanol–water partition coefficient (Wildman–Crippen LogP) is 1.69. The highest BCUT2D eigenvalue weighted by Crippen LogP contribution is 2.28. The van der Waals surface area contributed by atoms with Crippen LogP contribution in [0.2, 0.25) is 0 Å². The number of halogens is 3. The van der Waals surface area contributed by atoms with Gasteiger partial charge in [0.05, 0.1) is 22.4 Å². The van der Waals surface area contributed by atoms with Crippen LogP contribution < -0.4 is 4.74 Å². The number of nitrogens with zero attached hydrogens (tertiary/aromatic N) is 5. The smallest absolute Gasteiger partial charge is 0.406 e. The van der Waals surface area contributed by atoms with Gasteiger partial charge in [0, 0.05) is 13.1 Å². The molecular formula is C16H18F3N5O4S2. The van der Waals surface area contributed by atoms with Crippen LogP contribution in [0.25, 0.3) is 5.69 Å². The van der Waals surface area contributed by atoms with E-state index in [-0.39, 0.29) is 34.4 Å². The van der Waals surface area contributed by atoms with E-state index >= 15 is 0 Å². The van der Waals surface area contributed by atoms with Gasteiger partial charge in [0.2, 0.25) is 11.1 Å². The van der Waals surface area contributed by atoms with Crippen molar-refractivity contribution in [2.45, 2.75) is 36.2 Å². The van der Waals surface area contributed by atoms with Gasteiger partial charge in [0.25, 0.3) is 0 Å². The maximum atomic E-state index is 12.7. The first-order valence-electron chi connectivity index (χ1n) is 8.73. The highest BCUT2D eigenvalue weighted by Gasteiger charge is 2.35. The van der Waals surface area contributed by atoms with E-state index in [2.05, 4.69) is 20.3 Å². The molecule has 1 amide bonds. The predicted molar refractivity (Wildman–Crippen MR) is 101 cm³/mol. The molecule has 0 aliphatic carbocycles. The summed E-state index contributed by atoms with van der Waals surface area (Å²) in [5, 5.41) is 10.9. The quantitative estimate of drug-likeness (QED) is 0.594. The summed E-state index contributed by atoms with van der Waals surface area (Å²) < 4.78 is 65.3. The minimum Gasteiger partial charge on any atom is -0.406 e. The van der Waals surface area contributed by atoms with Crippen molar-refractivity contribution in [1.29, 1.82) is 0 Å². The number of aromatic nitrogens is 4. The number of tetrazole rings is 1. The lowest BCUT2D eigenvalue weighted by Crippen LogP contribution is -2.41. The number of sulfone groups is 1. The Kier molecular flexibility index (Phi) is 6.26. The summed E-state index contributed by atoms with van der Waals surface area (Å²) in [5.41, 5.74) is 0.381. The lowest BCUT2D eigenvalue weighted by molar-refractivity contribution is -0.274.